The van der Waals surface area contributed by atoms with Gasteiger partial charge in [-0.2, -0.15) is 0 Å². The molecule has 0 aliphatic rings. The van der Waals surface area contributed by atoms with Gasteiger partial charge in [0, 0.05) is 23.0 Å². The number of halogens is 2. The van der Waals surface area contributed by atoms with Gasteiger partial charge in [-0.15, -0.1) is 0 Å². The number of nitrogens with zero attached hydrogens (tertiary/aromatic N) is 2. The maximum Gasteiger partial charge on any atom is 0.131 e. The molecule has 0 spiro atoms. The molecule has 0 atom stereocenters. The van der Waals surface area contributed by atoms with Crippen LogP contribution in [0, 0.1) is 5.82 Å². The molecule has 2 rings (SSSR count). The van der Waals surface area contributed by atoms with Crippen molar-refractivity contribution >= 4 is 17.4 Å². The number of benzene rings is 1. The average Bonchev–Trinajstić information content (AvgIpc) is 2.67. The summed E-state index contributed by atoms with van der Waals surface area (Å²) in [6, 6.07) is 4.36. The number of aromatic nitrogens is 2. The molecule has 0 saturated carbocycles. The number of rotatable bonds is 4. The number of imidazole rings is 1. The predicted molar refractivity (Wildman–Crippen MR) is 81.4 cm³/mol. The molecule has 1 aromatic heterocycles. The van der Waals surface area contributed by atoms with Gasteiger partial charge in [-0.3, -0.25) is 0 Å². The van der Waals surface area contributed by atoms with E-state index in [1.807, 2.05) is 4.57 Å². The van der Waals surface area contributed by atoms with Crippen molar-refractivity contribution in [2.24, 2.45) is 0 Å². The van der Waals surface area contributed by atoms with Crippen LogP contribution in [0.4, 0.5) is 10.2 Å². The Bertz CT molecular complexity index is 600. The second-order valence-corrected chi connectivity index (χ2v) is 5.60. The molecule has 0 saturated heterocycles. The summed E-state index contributed by atoms with van der Waals surface area (Å²) in [6.07, 6.45) is 0.962. The van der Waals surface area contributed by atoms with Crippen LogP contribution in [0.5, 0.6) is 0 Å². The van der Waals surface area contributed by atoms with Crippen LogP contribution < -0.4 is 5.73 Å². The van der Waals surface area contributed by atoms with Gasteiger partial charge in [0.25, 0.3) is 0 Å². The highest BCUT2D eigenvalue weighted by atomic mass is 35.5. The zero-order chi connectivity index (χ0) is 14.9. The molecule has 5 heteroatoms. The molecule has 3 nitrogen and oxygen atoms in total. The van der Waals surface area contributed by atoms with Crippen molar-refractivity contribution in [3.63, 3.8) is 0 Å². The van der Waals surface area contributed by atoms with Gasteiger partial charge >= 0.3 is 0 Å². The lowest BCUT2D eigenvalue weighted by Gasteiger charge is -2.10. The Morgan fingerprint density at radius 3 is 2.60 bits per heavy atom. The smallest absolute Gasteiger partial charge is 0.131 e. The van der Waals surface area contributed by atoms with Gasteiger partial charge < -0.3 is 10.3 Å². The summed E-state index contributed by atoms with van der Waals surface area (Å²) in [4.78, 5) is 4.59. The molecule has 0 unspecified atom stereocenters. The molecule has 20 heavy (non-hydrogen) atoms. The van der Waals surface area contributed by atoms with Gasteiger partial charge in [-0.25, -0.2) is 9.37 Å². The molecule has 0 radical (unpaired) electrons. The summed E-state index contributed by atoms with van der Waals surface area (Å²) in [6.45, 7) is 7.02. The molecule has 0 fully saturated rings. The molecule has 0 amide bonds. The van der Waals surface area contributed by atoms with E-state index in [4.69, 9.17) is 17.3 Å². The fraction of sp³-hybridized carbons (Fsp3) is 0.400. The minimum Gasteiger partial charge on any atom is -0.383 e. The van der Waals surface area contributed by atoms with Crippen LogP contribution in [-0.2, 0) is 6.54 Å². The Kier molecular flexibility index (Phi) is 4.33. The molecule has 108 valence electrons. The van der Waals surface area contributed by atoms with Gasteiger partial charge in [-0.05, 0) is 24.6 Å². The average molecular weight is 296 g/mol. The first kappa shape index (κ1) is 14.9. The summed E-state index contributed by atoms with van der Waals surface area (Å²) < 4.78 is 15.5. The van der Waals surface area contributed by atoms with Crippen molar-refractivity contribution in [1.29, 1.82) is 0 Å². The molecular weight excluding hydrogens is 277 g/mol. The minimum absolute atomic E-state index is 0.252. The first-order valence-corrected chi connectivity index (χ1v) is 7.14. The topological polar surface area (TPSA) is 43.8 Å². The lowest BCUT2D eigenvalue weighted by molar-refractivity contribution is 0.616. The highest BCUT2D eigenvalue weighted by molar-refractivity contribution is 6.30. The number of anilines is 1. The number of nitrogen functional groups attached to an aromatic ring is 1. The highest BCUT2D eigenvalue weighted by Crippen LogP contribution is 2.31. The van der Waals surface area contributed by atoms with E-state index in [1.165, 1.54) is 12.1 Å². The lowest BCUT2D eigenvalue weighted by atomic mass is 10.1. The summed E-state index contributed by atoms with van der Waals surface area (Å²) >= 11 is 5.91. The summed E-state index contributed by atoms with van der Waals surface area (Å²) in [5.41, 5.74) is 7.41. The van der Waals surface area contributed by atoms with E-state index in [0.717, 1.165) is 18.8 Å². The fourth-order valence-corrected chi connectivity index (χ4v) is 2.51. The van der Waals surface area contributed by atoms with E-state index in [-0.39, 0.29) is 11.7 Å². The quantitative estimate of drug-likeness (QED) is 0.905. The zero-order valence-corrected chi connectivity index (χ0v) is 12.7. The largest absolute Gasteiger partial charge is 0.383 e. The normalized spacial score (nSPS) is 11.3. The standard InChI is InChI=1S/C15H19ClFN3/c1-4-5-20-14(18)13(19-15(20)9(2)3)10-6-11(16)8-12(17)7-10/h6-9H,4-5,18H2,1-3H3. The van der Waals surface area contributed by atoms with Gasteiger partial charge in [-0.1, -0.05) is 32.4 Å². The van der Waals surface area contributed by atoms with Crippen LogP contribution in [0.3, 0.4) is 0 Å². The van der Waals surface area contributed by atoms with E-state index < -0.39 is 0 Å². The SMILES string of the molecule is CCCn1c(C(C)C)nc(-c2cc(F)cc(Cl)c2)c1N. The minimum atomic E-state index is -0.386. The molecule has 0 aliphatic carbocycles. The van der Waals surface area contributed by atoms with Crippen LogP contribution in [0.25, 0.3) is 11.3 Å². The Labute approximate surface area is 123 Å². The summed E-state index contributed by atoms with van der Waals surface area (Å²) in [5, 5.41) is 0.343. The molecule has 2 aromatic rings. The highest BCUT2D eigenvalue weighted by Gasteiger charge is 2.18. The maximum absolute atomic E-state index is 13.5. The van der Waals surface area contributed by atoms with Crippen molar-refractivity contribution in [1.82, 2.24) is 9.55 Å². The van der Waals surface area contributed by atoms with Crippen molar-refractivity contribution in [2.45, 2.75) is 39.7 Å². The monoisotopic (exact) mass is 295 g/mol. The molecule has 2 N–H and O–H groups in total. The third-order valence-corrected chi connectivity index (χ3v) is 3.35. The van der Waals surface area contributed by atoms with Gasteiger partial charge in [0.1, 0.15) is 23.2 Å². The lowest BCUT2D eigenvalue weighted by Crippen LogP contribution is -2.08. The first-order valence-electron chi connectivity index (χ1n) is 6.76. The van der Waals surface area contributed by atoms with Gasteiger partial charge in [0.05, 0.1) is 0 Å². The van der Waals surface area contributed by atoms with Gasteiger partial charge in [0.2, 0.25) is 0 Å². The summed E-state index contributed by atoms with van der Waals surface area (Å²) in [5.74, 6) is 1.35. The van der Waals surface area contributed by atoms with Crippen molar-refractivity contribution in [2.75, 3.05) is 5.73 Å². The number of nitrogens with two attached hydrogens (primary N) is 1. The number of hydrogen-bond acceptors (Lipinski definition) is 2. The number of hydrogen-bond donors (Lipinski definition) is 1. The molecule has 0 bridgehead atoms. The van der Waals surface area contributed by atoms with Crippen LogP contribution >= 0.6 is 11.6 Å². The maximum atomic E-state index is 13.5. The Morgan fingerprint density at radius 2 is 2.05 bits per heavy atom. The second-order valence-electron chi connectivity index (χ2n) is 5.17. The van der Waals surface area contributed by atoms with E-state index in [1.54, 1.807) is 6.07 Å². The van der Waals surface area contributed by atoms with Crippen LogP contribution in [0.15, 0.2) is 18.2 Å². The molecular formula is C15H19ClFN3. The molecule has 1 heterocycles. The third-order valence-electron chi connectivity index (χ3n) is 3.14. The van der Waals surface area contributed by atoms with Crippen LogP contribution in [0.2, 0.25) is 5.02 Å². The Balaban J connectivity index is 2.59. The Hall–Kier alpha value is -1.55. The molecule has 1 aromatic carbocycles. The van der Waals surface area contributed by atoms with Gasteiger partial charge in [0.15, 0.2) is 0 Å². The Morgan fingerprint density at radius 1 is 1.35 bits per heavy atom. The molecule has 0 aliphatic heterocycles. The van der Waals surface area contributed by atoms with E-state index in [2.05, 4.69) is 25.8 Å². The fourth-order valence-electron chi connectivity index (χ4n) is 2.29. The van der Waals surface area contributed by atoms with Crippen LogP contribution in [-0.4, -0.2) is 9.55 Å². The summed E-state index contributed by atoms with van der Waals surface area (Å²) in [7, 11) is 0. The van der Waals surface area contributed by atoms with Crippen molar-refractivity contribution in [3.05, 3.63) is 34.9 Å². The predicted octanol–water partition coefficient (Wildman–Crippen LogP) is 4.46. The second kappa shape index (κ2) is 5.83. The third kappa shape index (κ3) is 2.80. The first-order chi connectivity index (χ1) is 9.43. The van der Waals surface area contributed by atoms with E-state index in [0.29, 0.717) is 22.1 Å². The van der Waals surface area contributed by atoms with Crippen molar-refractivity contribution in [3.8, 4) is 11.3 Å². The van der Waals surface area contributed by atoms with E-state index in [9.17, 15) is 4.39 Å². The van der Waals surface area contributed by atoms with Crippen molar-refractivity contribution < 1.29 is 4.39 Å². The van der Waals surface area contributed by atoms with E-state index >= 15 is 0 Å². The van der Waals surface area contributed by atoms with Crippen LogP contribution in [0.1, 0.15) is 38.9 Å². The zero-order valence-electron chi connectivity index (χ0n) is 12.0.